The van der Waals surface area contributed by atoms with Gasteiger partial charge in [0.15, 0.2) is 5.43 Å². The van der Waals surface area contributed by atoms with E-state index in [0.717, 1.165) is 5.56 Å². The molecular formula is C22H25NO6. The monoisotopic (exact) mass is 399 g/mol. The number of nitrogens with zero attached hydrogens (tertiary/aromatic N) is 1. The van der Waals surface area contributed by atoms with E-state index in [1.807, 2.05) is 13.0 Å². The van der Waals surface area contributed by atoms with E-state index in [-0.39, 0.29) is 18.6 Å². The third kappa shape index (κ3) is 3.91. The number of aromatic nitrogens is 1. The average molecular weight is 399 g/mol. The summed E-state index contributed by atoms with van der Waals surface area (Å²) < 4.78 is 23.5. The Hall–Kier alpha value is -3.06. The summed E-state index contributed by atoms with van der Waals surface area (Å²) in [5.74, 6) is 0.623. The number of benzene rings is 2. The Balaban J connectivity index is 2.41. The summed E-state index contributed by atoms with van der Waals surface area (Å²) in [6.07, 6.45) is 0. The van der Waals surface area contributed by atoms with E-state index < -0.39 is 5.97 Å². The van der Waals surface area contributed by atoms with Crippen LogP contribution in [0.25, 0.3) is 21.8 Å². The lowest BCUT2D eigenvalue weighted by atomic mass is 10.1. The van der Waals surface area contributed by atoms with Crippen molar-refractivity contribution >= 4 is 27.8 Å². The second-order valence-electron chi connectivity index (χ2n) is 6.53. The summed E-state index contributed by atoms with van der Waals surface area (Å²) in [6, 6.07) is 8.86. The Bertz CT molecular complexity index is 1100. The van der Waals surface area contributed by atoms with Crippen LogP contribution in [0.4, 0.5) is 0 Å². The van der Waals surface area contributed by atoms with Crippen molar-refractivity contribution in [2.75, 3.05) is 34.0 Å². The molecule has 0 N–H and O–H groups in total. The van der Waals surface area contributed by atoms with Crippen LogP contribution in [0, 0.1) is 6.92 Å². The van der Waals surface area contributed by atoms with E-state index in [1.54, 1.807) is 50.0 Å². The van der Waals surface area contributed by atoms with Crippen molar-refractivity contribution in [3.8, 4) is 11.5 Å². The van der Waals surface area contributed by atoms with Crippen LogP contribution < -0.4 is 14.9 Å². The van der Waals surface area contributed by atoms with E-state index in [0.29, 0.717) is 46.5 Å². The number of hydrogen-bond acceptors (Lipinski definition) is 6. The summed E-state index contributed by atoms with van der Waals surface area (Å²) in [7, 11) is 3.14. The number of methoxy groups -OCH3 is 2. The van der Waals surface area contributed by atoms with E-state index in [9.17, 15) is 9.59 Å². The van der Waals surface area contributed by atoms with Crippen molar-refractivity contribution in [3.63, 3.8) is 0 Å². The summed E-state index contributed by atoms with van der Waals surface area (Å²) in [4.78, 5) is 25.7. The van der Waals surface area contributed by atoms with Crippen molar-refractivity contribution in [1.82, 2.24) is 4.57 Å². The van der Waals surface area contributed by atoms with Crippen LogP contribution in [0.3, 0.4) is 0 Å². The third-order valence-corrected chi connectivity index (χ3v) is 4.70. The number of rotatable bonds is 8. The topological polar surface area (TPSA) is 76.0 Å². The first-order valence-electron chi connectivity index (χ1n) is 9.43. The lowest BCUT2D eigenvalue weighted by molar-refractivity contribution is -0.143. The molecule has 0 unspecified atom stereocenters. The lowest BCUT2D eigenvalue weighted by Crippen LogP contribution is -2.19. The molecule has 154 valence electrons. The summed E-state index contributed by atoms with van der Waals surface area (Å²) in [6.45, 7) is 4.54. The van der Waals surface area contributed by atoms with Gasteiger partial charge < -0.3 is 23.5 Å². The highest BCUT2D eigenvalue weighted by molar-refractivity contribution is 5.99. The molecule has 0 spiro atoms. The van der Waals surface area contributed by atoms with Crippen molar-refractivity contribution in [2.24, 2.45) is 0 Å². The molecule has 0 aliphatic carbocycles. The number of pyridine rings is 1. The fourth-order valence-electron chi connectivity index (χ4n) is 3.47. The first-order valence-corrected chi connectivity index (χ1v) is 9.43. The molecule has 1 aromatic heterocycles. The van der Waals surface area contributed by atoms with Crippen LogP contribution in [0.2, 0.25) is 0 Å². The molecule has 1 heterocycles. The van der Waals surface area contributed by atoms with Gasteiger partial charge in [0.25, 0.3) is 0 Å². The van der Waals surface area contributed by atoms with E-state index in [1.165, 1.54) is 0 Å². The van der Waals surface area contributed by atoms with Gasteiger partial charge in [-0.1, -0.05) is 12.1 Å². The molecule has 0 saturated heterocycles. The normalized spacial score (nSPS) is 11.0. The molecule has 3 rings (SSSR count). The molecule has 7 nitrogen and oxygen atoms in total. The van der Waals surface area contributed by atoms with Gasteiger partial charge in [-0.3, -0.25) is 9.59 Å². The Morgan fingerprint density at radius 1 is 1.03 bits per heavy atom. The maximum atomic E-state index is 13.2. The van der Waals surface area contributed by atoms with Gasteiger partial charge in [0.2, 0.25) is 0 Å². The fourth-order valence-corrected chi connectivity index (χ4v) is 3.47. The molecular weight excluding hydrogens is 374 g/mol. The van der Waals surface area contributed by atoms with Gasteiger partial charge in [-0.2, -0.15) is 0 Å². The molecule has 2 aromatic carbocycles. The van der Waals surface area contributed by atoms with Crippen LogP contribution in [0.15, 0.2) is 35.1 Å². The zero-order valence-electron chi connectivity index (χ0n) is 17.1. The van der Waals surface area contributed by atoms with Gasteiger partial charge >= 0.3 is 5.97 Å². The molecule has 0 aliphatic heterocycles. The maximum Gasteiger partial charge on any atom is 0.325 e. The van der Waals surface area contributed by atoms with Gasteiger partial charge in [0.05, 0.1) is 42.1 Å². The van der Waals surface area contributed by atoms with Crippen molar-refractivity contribution in [3.05, 3.63) is 46.1 Å². The minimum atomic E-state index is -0.408. The Kier molecular flexibility index (Phi) is 6.39. The zero-order chi connectivity index (χ0) is 21.0. The molecule has 3 aromatic rings. The molecule has 0 aliphatic rings. The van der Waals surface area contributed by atoms with E-state index in [4.69, 9.17) is 18.9 Å². The molecule has 7 heteroatoms. The van der Waals surface area contributed by atoms with Crippen molar-refractivity contribution in [1.29, 1.82) is 0 Å². The first-order chi connectivity index (χ1) is 14.0. The quantitative estimate of drug-likeness (QED) is 0.329. The smallest absolute Gasteiger partial charge is 0.325 e. The molecule has 0 amide bonds. The highest BCUT2D eigenvalue weighted by Gasteiger charge is 2.20. The standard InChI is InChI=1S/C22H25NO6/c1-5-28-18(24)13-23-19-15(7-6-8-17(19)29-12-11-26-3)21(25)16-10-9-14(2)22(27-4)20(16)23/h6-10H,5,11-13H2,1-4H3. The van der Waals surface area contributed by atoms with E-state index in [2.05, 4.69) is 0 Å². The zero-order valence-corrected chi connectivity index (χ0v) is 17.1. The number of ether oxygens (including phenoxy) is 4. The Labute approximate surface area is 168 Å². The summed E-state index contributed by atoms with van der Waals surface area (Å²) in [5, 5.41) is 0.931. The fraction of sp³-hybridized carbons (Fsp3) is 0.364. The predicted octanol–water partition coefficient (Wildman–Crippen LogP) is 3.06. The maximum absolute atomic E-state index is 13.2. The summed E-state index contributed by atoms with van der Waals surface area (Å²) >= 11 is 0. The number of fused-ring (bicyclic) bond motifs is 2. The minimum Gasteiger partial charge on any atom is -0.494 e. The van der Waals surface area contributed by atoms with Crippen LogP contribution in [-0.4, -0.2) is 44.6 Å². The third-order valence-electron chi connectivity index (χ3n) is 4.70. The van der Waals surface area contributed by atoms with Crippen molar-refractivity contribution in [2.45, 2.75) is 20.4 Å². The molecule has 0 saturated carbocycles. The number of para-hydroxylation sites is 1. The SMILES string of the molecule is CCOC(=O)Cn1c2c(OCCOC)cccc2c(=O)c2ccc(C)c(OC)c21. The van der Waals surface area contributed by atoms with Gasteiger partial charge in [-0.15, -0.1) is 0 Å². The molecule has 0 radical (unpaired) electrons. The minimum absolute atomic E-state index is 0.0778. The average Bonchev–Trinajstić information content (AvgIpc) is 2.71. The van der Waals surface area contributed by atoms with Crippen LogP contribution >= 0.6 is 0 Å². The Morgan fingerprint density at radius 3 is 2.48 bits per heavy atom. The van der Waals surface area contributed by atoms with Crippen molar-refractivity contribution < 1.29 is 23.7 Å². The van der Waals surface area contributed by atoms with Crippen LogP contribution in [0.5, 0.6) is 11.5 Å². The largest absolute Gasteiger partial charge is 0.494 e. The second-order valence-corrected chi connectivity index (χ2v) is 6.53. The molecule has 29 heavy (non-hydrogen) atoms. The van der Waals surface area contributed by atoms with Gasteiger partial charge in [0.1, 0.15) is 24.7 Å². The second kappa shape index (κ2) is 8.96. The van der Waals surface area contributed by atoms with E-state index >= 15 is 0 Å². The highest BCUT2D eigenvalue weighted by Crippen LogP contribution is 2.33. The van der Waals surface area contributed by atoms with Crippen LogP contribution in [-0.2, 0) is 20.8 Å². The number of esters is 1. The lowest BCUT2D eigenvalue weighted by Gasteiger charge is -2.20. The molecule has 0 bridgehead atoms. The highest BCUT2D eigenvalue weighted by atomic mass is 16.5. The number of carbonyl (C=O) groups is 1. The Morgan fingerprint density at radius 2 is 1.79 bits per heavy atom. The molecule has 0 atom stereocenters. The molecule has 0 fully saturated rings. The number of aryl methyl sites for hydroxylation is 1. The summed E-state index contributed by atoms with van der Waals surface area (Å²) in [5.41, 5.74) is 1.78. The predicted molar refractivity (Wildman–Crippen MR) is 111 cm³/mol. The van der Waals surface area contributed by atoms with Gasteiger partial charge in [-0.05, 0) is 37.6 Å². The number of hydrogen-bond donors (Lipinski definition) is 0. The van der Waals surface area contributed by atoms with Gasteiger partial charge in [-0.25, -0.2) is 0 Å². The first kappa shape index (κ1) is 20.7. The number of carbonyl (C=O) groups excluding carboxylic acids is 1. The van der Waals surface area contributed by atoms with Crippen LogP contribution in [0.1, 0.15) is 12.5 Å². The van der Waals surface area contributed by atoms with Gasteiger partial charge in [0, 0.05) is 7.11 Å².